The number of hydrogen-bond donors (Lipinski definition) is 0. The largest absolute Gasteiger partial charge is 0.300 e. The second-order valence-electron chi connectivity index (χ2n) is 6.09. The van der Waals surface area contributed by atoms with Gasteiger partial charge in [0.1, 0.15) is 6.29 Å². The van der Waals surface area contributed by atoms with Gasteiger partial charge in [-0.25, -0.2) is 0 Å². The number of aldehydes is 1. The first-order valence-corrected chi connectivity index (χ1v) is 7.64. The molecule has 2 heteroatoms. The minimum absolute atomic E-state index is 0.670. The van der Waals surface area contributed by atoms with Crippen LogP contribution in [0.1, 0.15) is 53.9 Å². The Morgan fingerprint density at radius 2 is 1.79 bits per heavy atom. The van der Waals surface area contributed by atoms with E-state index in [2.05, 4.69) is 17.0 Å². The van der Waals surface area contributed by atoms with Crippen LogP contribution < -0.4 is 0 Å². The number of carbonyl (C=O) groups is 1. The molecule has 1 aromatic carbocycles. The highest BCUT2D eigenvalue weighted by atomic mass is 16.1. The summed E-state index contributed by atoms with van der Waals surface area (Å²) < 4.78 is 0. The second-order valence-corrected chi connectivity index (χ2v) is 6.09. The lowest BCUT2D eigenvalue weighted by atomic mass is 9.76. The van der Waals surface area contributed by atoms with Gasteiger partial charge in [0.15, 0.2) is 0 Å². The molecule has 0 aromatic heterocycles. The van der Waals surface area contributed by atoms with E-state index in [9.17, 15) is 4.79 Å². The zero-order valence-electron chi connectivity index (χ0n) is 11.6. The minimum atomic E-state index is 0.670. The Balaban J connectivity index is 1.77. The van der Waals surface area contributed by atoms with Crippen LogP contribution in [-0.2, 0) is 0 Å². The van der Waals surface area contributed by atoms with Gasteiger partial charge in [0, 0.05) is 25.2 Å². The van der Waals surface area contributed by atoms with Crippen molar-refractivity contribution in [3.8, 4) is 0 Å². The number of benzene rings is 1. The van der Waals surface area contributed by atoms with E-state index in [4.69, 9.17) is 0 Å². The number of nitrogens with zero attached hydrogens (tertiary/aromatic N) is 1. The van der Waals surface area contributed by atoms with E-state index in [1.165, 1.54) is 57.3 Å². The van der Waals surface area contributed by atoms with Crippen molar-refractivity contribution in [2.75, 3.05) is 19.6 Å². The lowest BCUT2D eigenvalue weighted by Crippen LogP contribution is -2.23. The third-order valence-electron chi connectivity index (χ3n) is 4.71. The van der Waals surface area contributed by atoms with Crippen molar-refractivity contribution in [3.05, 3.63) is 35.4 Å². The molecule has 2 fully saturated rings. The van der Waals surface area contributed by atoms with Gasteiger partial charge < -0.3 is 4.90 Å². The second kappa shape index (κ2) is 5.87. The highest BCUT2D eigenvalue weighted by Crippen LogP contribution is 2.37. The van der Waals surface area contributed by atoms with Crippen molar-refractivity contribution in [3.63, 3.8) is 0 Å². The Morgan fingerprint density at radius 3 is 2.37 bits per heavy atom. The molecule has 1 aliphatic heterocycles. The van der Waals surface area contributed by atoms with Crippen LogP contribution in [-0.4, -0.2) is 30.8 Å². The quantitative estimate of drug-likeness (QED) is 0.594. The van der Waals surface area contributed by atoms with Crippen LogP contribution in [0.15, 0.2) is 24.3 Å². The highest BCUT2D eigenvalue weighted by molar-refractivity contribution is 5.74. The summed E-state index contributed by atoms with van der Waals surface area (Å²) in [6.07, 6.45) is 7.91. The zero-order chi connectivity index (χ0) is 13.1. The van der Waals surface area contributed by atoms with E-state index in [-0.39, 0.29) is 0 Å². The Kier molecular flexibility index (Phi) is 3.97. The summed E-state index contributed by atoms with van der Waals surface area (Å²) in [6.45, 7) is 3.76. The van der Waals surface area contributed by atoms with Gasteiger partial charge in [-0.15, -0.1) is 0 Å². The van der Waals surface area contributed by atoms with Crippen molar-refractivity contribution in [2.45, 2.75) is 38.0 Å². The molecule has 2 nitrogen and oxygen atoms in total. The molecule has 1 aromatic rings. The number of carbonyl (C=O) groups excluding carboxylic acids is 1. The van der Waals surface area contributed by atoms with Crippen molar-refractivity contribution < 1.29 is 4.79 Å². The number of rotatable bonds is 5. The Morgan fingerprint density at radius 1 is 1.11 bits per heavy atom. The maximum absolute atomic E-state index is 10.8. The molecule has 19 heavy (non-hydrogen) atoms. The Bertz CT molecular complexity index is 415. The molecular formula is C17H23NO. The summed E-state index contributed by atoms with van der Waals surface area (Å²) in [5.41, 5.74) is 2.22. The third-order valence-corrected chi connectivity index (χ3v) is 4.71. The molecular weight excluding hydrogens is 234 g/mol. The molecule has 0 N–H and O–H groups in total. The van der Waals surface area contributed by atoms with Crippen molar-refractivity contribution in [1.82, 2.24) is 4.90 Å². The van der Waals surface area contributed by atoms with Crippen LogP contribution in [0.25, 0.3) is 0 Å². The van der Waals surface area contributed by atoms with Gasteiger partial charge in [-0.05, 0) is 30.2 Å². The maximum Gasteiger partial charge on any atom is 0.150 e. The van der Waals surface area contributed by atoms with Gasteiger partial charge in [0.05, 0.1) is 0 Å². The zero-order valence-corrected chi connectivity index (χ0v) is 11.6. The van der Waals surface area contributed by atoms with Crippen LogP contribution in [0.2, 0.25) is 0 Å². The van der Waals surface area contributed by atoms with Crippen molar-refractivity contribution in [2.24, 2.45) is 5.92 Å². The maximum atomic E-state index is 10.8. The van der Waals surface area contributed by atoms with Crippen LogP contribution in [0.4, 0.5) is 0 Å². The Hall–Kier alpha value is -1.15. The van der Waals surface area contributed by atoms with Crippen molar-refractivity contribution in [1.29, 1.82) is 0 Å². The fraction of sp³-hybridized carbons (Fsp3) is 0.588. The molecule has 1 saturated carbocycles. The van der Waals surface area contributed by atoms with Crippen LogP contribution in [0, 0.1) is 5.92 Å². The lowest BCUT2D eigenvalue weighted by molar-refractivity contribution is 0.112. The van der Waals surface area contributed by atoms with Gasteiger partial charge in [0.25, 0.3) is 0 Å². The predicted octanol–water partition coefficient (Wildman–Crippen LogP) is 3.48. The van der Waals surface area contributed by atoms with E-state index in [0.29, 0.717) is 5.92 Å². The normalized spacial score (nSPS) is 22.1. The summed E-state index contributed by atoms with van der Waals surface area (Å²) in [6, 6.07) is 8.29. The molecule has 102 valence electrons. The third kappa shape index (κ3) is 3.24. The highest BCUT2D eigenvalue weighted by Gasteiger charge is 2.29. The first kappa shape index (κ1) is 12.9. The summed E-state index contributed by atoms with van der Waals surface area (Å²) in [4.78, 5) is 13.3. The van der Waals surface area contributed by atoms with E-state index in [0.717, 1.165) is 17.8 Å². The first-order chi connectivity index (χ1) is 9.36. The van der Waals surface area contributed by atoms with E-state index >= 15 is 0 Å². The van der Waals surface area contributed by atoms with Gasteiger partial charge in [0.2, 0.25) is 0 Å². The lowest BCUT2D eigenvalue weighted by Gasteiger charge is -2.31. The van der Waals surface area contributed by atoms with Crippen LogP contribution in [0.3, 0.4) is 0 Å². The SMILES string of the molecule is O=Cc1ccc([C@H](CN2CC2)C2CCCCC2)cc1. The molecule has 1 saturated heterocycles. The summed E-state index contributed by atoms with van der Waals surface area (Å²) >= 11 is 0. The standard InChI is InChI=1S/C17H23NO/c19-13-14-6-8-16(9-7-14)17(12-18-10-11-18)15-4-2-1-3-5-15/h6-9,13,15,17H,1-5,10-12H2/t17-/m1/s1. The molecule has 1 aliphatic carbocycles. The minimum Gasteiger partial charge on any atom is -0.300 e. The summed E-state index contributed by atoms with van der Waals surface area (Å²) in [7, 11) is 0. The molecule has 2 aliphatic rings. The molecule has 0 radical (unpaired) electrons. The van der Waals surface area contributed by atoms with Gasteiger partial charge in [-0.1, -0.05) is 43.5 Å². The molecule has 0 amide bonds. The van der Waals surface area contributed by atoms with E-state index in [1.54, 1.807) is 0 Å². The smallest absolute Gasteiger partial charge is 0.150 e. The van der Waals surface area contributed by atoms with E-state index in [1.807, 2.05) is 12.1 Å². The average Bonchev–Trinajstić information content (AvgIpc) is 3.30. The molecule has 0 spiro atoms. The number of hydrogen-bond acceptors (Lipinski definition) is 2. The Labute approximate surface area is 115 Å². The first-order valence-electron chi connectivity index (χ1n) is 7.64. The van der Waals surface area contributed by atoms with Crippen LogP contribution >= 0.6 is 0 Å². The van der Waals surface area contributed by atoms with E-state index < -0.39 is 0 Å². The van der Waals surface area contributed by atoms with Gasteiger partial charge in [-0.3, -0.25) is 4.79 Å². The van der Waals surface area contributed by atoms with Gasteiger partial charge in [-0.2, -0.15) is 0 Å². The average molecular weight is 257 g/mol. The van der Waals surface area contributed by atoms with Gasteiger partial charge >= 0.3 is 0 Å². The van der Waals surface area contributed by atoms with Crippen molar-refractivity contribution >= 4 is 6.29 Å². The molecule has 0 bridgehead atoms. The monoisotopic (exact) mass is 257 g/mol. The molecule has 1 atom stereocenters. The molecule has 3 rings (SSSR count). The predicted molar refractivity (Wildman–Crippen MR) is 77.6 cm³/mol. The molecule has 0 unspecified atom stereocenters. The topological polar surface area (TPSA) is 20.1 Å². The summed E-state index contributed by atoms with van der Waals surface area (Å²) in [5, 5.41) is 0. The van der Waals surface area contributed by atoms with Crippen LogP contribution in [0.5, 0.6) is 0 Å². The summed E-state index contributed by atoms with van der Waals surface area (Å²) in [5.74, 6) is 1.51. The fourth-order valence-electron chi connectivity index (χ4n) is 3.42. The fourth-order valence-corrected chi connectivity index (χ4v) is 3.42. The molecule has 1 heterocycles.